The summed E-state index contributed by atoms with van der Waals surface area (Å²) in [6, 6.07) is 7.53. The Morgan fingerprint density at radius 1 is 1.37 bits per heavy atom. The molecule has 7 heteroatoms. The van der Waals surface area contributed by atoms with E-state index in [0.717, 1.165) is 20.6 Å². The number of oxime groups is 1. The van der Waals surface area contributed by atoms with Crippen molar-refractivity contribution in [1.29, 1.82) is 0 Å². The van der Waals surface area contributed by atoms with Gasteiger partial charge < -0.3 is 5.21 Å². The molecule has 0 unspecified atom stereocenters. The molecule has 2 heterocycles. The van der Waals surface area contributed by atoms with Crippen LogP contribution in [0.3, 0.4) is 0 Å². The summed E-state index contributed by atoms with van der Waals surface area (Å²) in [6.45, 7) is 0. The summed E-state index contributed by atoms with van der Waals surface area (Å²) in [6.07, 6.45) is 3.29. The summed E-state index contributed by atoms with van der Waals surface area (Å²) < 4.78 is 1.89. The van der Waals surface area contributed by atoms with Gasteiger partial charge in [0.15, 0.2) is 4.96 Å². The number of hydrogen-bond acceptors (Lipinski definition) is 5. The Morgan fingerprint density at radius 3 is 2.89 bits per heavy atom. The van der Waals surface area contributed by atoms with Gasteiger partial charge in [-0.2, -0.15) is 0 Å². The zero-order chi connectivity index (χ0) is 13.2. The molecule has 3 aromatic rings. The molecule has 0 bridgehead atoms. The third-order valence-electron chi connectivity index (χ3n) is 2.47. The van der Waals surface area contributed by atoms with Crippen LogP contribution in [0.15, 0.2) is 50.9 Å². The van der Waals surface area contributed by atoms with Crippen molar-refractivity contribution in [2.45, 2.75) is 9.92 Å². The summed E-state index contributed by atoms with van der Waals surface area (Å²) in [4.78, 5) is 6.42. The van der Waals surface area contributed by atoms with E-state index in [0.29, 0.717) is 5.02 Å². The number of hydrogen-bond donors (Lipinski definition) is 1. The second kappa shape index (κ2) is 5.24. The molecule has 19 heavy (non-hydrogen) atoms. The Bertz CT molecular complexity index is 733. The smallest absolute Gasteiger partial charge is 0.195 e. The summed E-state index contributed by atoms with van der Waals surface area (Å²) >= 11 is 8.90. The highest BCUT2D eigenvalue weighted by Crippen LogP contribution is 2.31. The Kier molecular flexibility index (Phi) is 3.46. The van der Waals surface area contributed by atoms with Crippen molar-refractivity contribution in [1.82, 2.24) is 9.38 Å². The van der Waals surface area contributed by atoms with Crippen molar-refractivity contribution < 1.29 is 5.21 Å². The van der Waals surface area contributed by atoms with Crippen molar-refractivity contribution in [3.05, 3.63) is 46.6 Å². The van der Waals surface area contributed by atoms with Crippen LogP contribution in [0.4, 0.5) is 0 Å². The predicted octanol–water partition coefficient (Wildman–Crippen LogP) is 4.01. The van der Waals surface area contributed by atoms with E-state index in [4.69, 9.17) is 16.8 Å². The van der Waals surface area contributed by atoms with Gasteiger partial charge in [0.25, 0.3) is 0 Å². The first-order valence-electron chi connectivity index (χ1n) is 5.34. The highest BCUT2D eigenvalue weighted by molar-refractivity contribution is 7.99. The van der Waals surface area contributed by atoms with Crippen molar-refractivity contribution in [3.8, 4) is 0 Å². The first-order valence-corrected chi connectivity index (χ1v) is 7.42. The van der Waals surface area contributed by atoms with Crippen molar-refractivity contribution in [2.24, 2.45) is 5.16 Å². The Morgan fingerprint density at radius 2 is 2.16 bits per heavy atom. The maximum atomic E-state index is 8.77. The Hall–Kier alpha value is -1.50. The minimum absolute atomic E-state index is 0.701. The average molecular weight is 310 g/mol. The molecule has 0 saturated heterocycles. The normalized spacial score (nSPS) is 11.6. The zero-order valence-electron chi connectivity index (χ0n) is 9.52. The fourth-order valence-electron chi connectivity index (χ4n) is 1.64. The van der Waals surface area contributed by atoms with Crippen LogP contribution in [0.2, 0.25) is 5.02 Å². The van der Waals surface area contributed by atoms with E-state index in [1.165, 1.54) is 29.3 Å². The Labute approximate surface area is 122 Å². The van der Waals surface area contributed by atoms with Crippen molar-refractivity contribution in [3.63, 3.8) is 0 Å². The van der Waals surface area contributed by atoms with Crippen molar-refractivity contribution in [2.75, 3.05) is 0 Å². The van der Waals surface area contributed by atoms with Gasteiger partial charge in [0.05, 0.1) is 6.21 Å². The van der Waals surface area contributed by atoms with Crippen LogP contribution in [0.5, 0.6) is 0 Å². The van der Waals surface area contributed by atoms with Crippen molar-refractivity contribution >= 4 is 45.9 Å². The van der Waals surface area contributed by atoms with E-state index in [2.05, 4.69) is 10.1 Å². The van der Waals surface area contributed by atoms with Gasteiger partial charge in [-0.25, -0.2) is 4.98 Å². The fraction of sp³-hybridized carbons (Fsp3) is 0. The number of fused-ring (bicyclic) bond motifs is 1. The number of halogens is 1. The average Bonchev–Trinajstić information content (AvgIpc) is 2.96. The molecular formula is C12H8ClN3OS2. The van der Waals surface area contributed by atoms with E-state index in [-0.39, 0.29) is 0 Å². The number of rotatable bonds is 3. The van der Waals surface area contributed by atoms with E-state index >= 15 is 0 Å². The van der Waals surface area contributed by atoms with Crippen LogP contribution >= 0.6 is 34.7 Å². The molecule has 4 nitrogen and oxygen atoms in total. The first-order chi connectivity index (χ1) is 9.28. The molecule has 0 atom stereocenters. The van der Waals surface area contributed by atoms with E-state index in [9.17, 15) is 0 Å². The van der Waals surface area contributed by atoms with E-state index in [1.807, 2.05) is 40.2 Å². The molecule has 3 rings (SSSR count). The van der Waals surface area contributed by atoms with Gasteiger partial charge in [0.2, 0.25) is 0 Å². The van der Waals surface area contributed by atoms with Gasteiger partial charge in [-0.15, -0.1) is 11.3 Å². The second-order valence-electron chi connectivity index (χ2n) is 3.66. The van der Waals surface area contributed by atoms with Crippen LogP contribution in [0, 0.1) is 0 Å². The molecule has 96 valence electrons. The third kappa shape index (κ3) is 2.47. The maximum Gasteiger partial charge on any atom is 0.195 e. The standard InChI is InChI=1S/C12H8ClN3OS2/c13-8-1-3-9(4-2-8)19-11-10(7-14-17)16-5-6-18-12(16)15-11/h1-7,17H. The Balaban J connectivity index is 2.02. The highest BCUT2D eigenvalue weighted by atomic mass is 35.5. The predicted molar refractivity (Wildman–Crippen MR) is 78.0 cm³/mol. The summed E-state index contributed by atoms with van der Waals surface area (Å²) in [5.74, 6) is 0. The lowest BCUT2D eigenvalue weighted by Gasteiger charge is -1.99. The topological polar surface area (TPSA) is 49.9 Å². The second-order valence-corrected chi connectivity index (χ2v) is 6.03. The molecule has 0 fully saturated rings. The first kappa shape index (κ1) is 12.5. The molecule has 0 saturated carbocycles. The molecule has 0 radical (unpaired) electrons. The molecule has 0 spiro atoms. The molecule has 0 aliphatic heterocycles. The molecule has 0 aliphatic rings. The molecule has 0 amide bonds. The van der Waals surface area contributed by atoms with Gasteiger partial charge in [0, 0.05) is 21.5 Å². The molecule has 1 aromatic carbocycles. The molecule has 2 aromatic heterocycles. The van der Waals surface area contributed by atoms with Gasteiger partial charge in [0.1, 0.15) is 10.7 Å². The fourth-order valence-corrected chi connectivity index (χ4v) is 3.43. The van der Waals surface area contributed by atoms with Crippen LogP contribution < -0.4 is 0 Å². The van der Waals surface area contributed by atoms with Crippen LogP contribution in [-0.2, 0) is 0 Å². The van der Waals surface area contributed by atoms with Gasteiger partial charge in [-0.1, -0.05) is 28.5 Å². The van der Waals surface area contributed by atoms with Gasteiger partial charge >= 0.3 is 0 Å². The molecule has 1 N–H and O–H groups in total. The van der Waals surface area contributed by atoms with E-state index in [1.54, 1.807) is 0 Å². The lowest BCUT2D eigenvalue weighted by molar-refractivity contribution is 0.321. The number of thiazole rings is 1. The van der Waals surface area contributed by atoms with Crippen LogP contribution in [-0.4, -0.2) is 20.8 Å². The monoisotopic (exact) mass is 309 g/mol. The summed E-state index contributed by atoms with van der Waals surface area (Å²) in [5.41, 5.74) is 0.763. The summed E-state index contributed by atoms with van der Waals surface area (Å²) in [5, 5.41) is 15.3. The third-order valence-corrected chi connectivity index (χ3v) is 4.48. The van der Waals surface area contributed by atoms with Gasteiger partial charge in [-0.05, 0) is 24.3 Å². The molecule has 0 aliphatic carbocycles. The van der Waals surface area contributed by atoms with E-state index < -0.39 is 0 Å². The maximum absolute atomic E-state index is 8.77. The zero-order valence-corrected chi connectivity index (χ0v) is 11.9. The number of aromatic nitrogens is 2. The van der Waals surface area contributed by atoms with Gasteiger partial charge in [-0.3, -0.25) is 4.40 Å². The molecular weight excluding hydrogens is 302 g/mol. The SMILES string of the molecule is ON=Cc1c(Sc2ccc(Cl)cc2)nc2sccn12. The number of benzene rings is 1. The number of nitrogens with zero attached hydrogens (tertiary/aromatic N) is 3. The van der Waals surface area contributed by atoms with Crippen LogP contribution in [0.25, 0.3) is 4.96 Å². The minimum atomic E-state index is 0.701. The highest BCUT2D eigenvalue weighted by Gasteiger charge is 2.13. The number of imidazole rings is 1. The lowest BCUT2D eigenvalue weighted by atomic mass is 10.4. The lowest BCUT2D eigenvalue weighted by Crippen LogP contribution is -1.89. The largest absolute Gasteiger partial charge is 0.411 e. The quantitative estimate of drug-likeness (QED) is 0.452. The minimum Gasteiger partial charge on any atom is -0.411 e. The summed E-state index contributed by atoms with van der Waals surface area (Å²) in [7, 11) is 0. The van der Waals surface area contributed by atoms with Crippen LogP contribution in [0.1, 0.15) is 5.69 Å².